The lowest BCUT2D eigenvalue weighted by Crippen LogP contribution is -2.23. The quantitative estimate of drug-likeness (QED) is 0.854. The van der Waals surface area contributed by atoms with Crippen molar-refractivity contribution in [3.63, 3.8) is 0 Å². The van der Waals surface area contributed by atoms with E-state index in [1.807, 2.05) is 55.5 Å². The van der Waals surface area contributed by atoms with Gasteiger partial charge in [-0.15, -0.1) is 11.6 Å². The lowest BCUT2D eigenvalue weighted by molar-refractivity contribution is -0.118. The first-order valence-electron chi connectivity index (χ1n) is 6.34. The molecule has 20 heavy (non-hydrogen) atoms. The van der Waals surface area contributed by atoms with Gasteiger partial charge in [-0.1, -0.05) is 30.3 Å². The van der Waals surface area contributed by atoms with E-state index in [4.69, 9.17) is 16.3 Å². The lowest BCUT2D eigenvalue weighted by Gasteiger charge is -2.09. The fraction of sp³-hybridized carbons (Fsp3) is 0.188. The third-order valence-electron chi connectivity index (χ3n) is 2.86. The molecule has 3 nitrogen and oxygen atoms in total. The number of para-hydroxylation sites is 1. The van der Waals surface area contributed by atoms with E-state index >= 15 is 0 Å². The minimum absolute atomic E-state index is 0.0194. The topological polar surface area (TPSA) is 38.3 Å². The maximum atomic E-state index is 11.1. The number of aryl methyl sites for hydroxylation is 1. The minimum Gasteiger partial charge on any atom is -0.457 e. The molecule has 4 heteroatoms. The van der Waals surface area contributed by atoms with Gasteiger partial charge in [0, 0.05) is 6.54 Å². The first-order valence-corrected chi connectivity index (χ1v) is 6.87. The normalized spacial score (nSPS) is 10.1. The molecule has 0 atom stereocenters. The SMILES string of the molecule is Cc1ccccc1Oc1ccc(CNC(=O)CCl)cc1. The van der Waals surface area contributed by atoms with Crippen LogP contribution in [0.1, 0.15) is 11.1 Å². The third kappa shape index (κ3) is 4.00. The molecule has 0 fully saturated rings. The van der Waals surface area contributed by atoms with Crippen LogP contribution in [0.15, 0.2) is 48.5 Å². The molecular weight excluding hydrogens is 274 g/mol. The molecule has 1 N–H and O–H groups in total. The van der Waals surface area contributed by atoms with E-state index in [0.29, 0.717) is 6.54 Å². The molecule has 0 aliphatic rings. The molecule has 104 valence electrons. The Morgan fingerprint density at radius 1 is 1.15 bits per heavy atom. The van der Waals surface area contributed by atoms with E-state index in [-0.39, 0.29) is 11.8 Å². The number of alkyl halides is 1. The standard InChI is InChI=1S/C16H16ClNO2/c1-12-4-2-3-5-15(12)20-14-8-6-13(7-9-14)11-18-16(19)10-17/h2-9H,10-11H2,1H3,(H,18,19). The summed E-state index contributed by atoms with van der Waals surface area (Å²) in [5, 5.41) is 2.72. The van der Waals surface area contributed by atoms with E-state index in [0.717, 1.165) is 22.6 Å². The average Bonchev–Trinajstić information content (AvgIpc) is 2.48. The summed E-state index contributed by atoms with van der Waals surface area (Å²) in [6.45, 7) is 2.47. The maximum Gasteiger partial charge on any atom is 0.235 e. The molecule has 0 aromatic heterocycles. The molecule has 0 radical (unpaired) electrons. The summed E-state index contributed by atoms with van der Waals surface area (Å²) in [6, 6.07) is 15.5. The molecule has 0 spiro atoms. The van der Waals surface area contributed by atoms with Crippen LogP contribution < -0.4 is 10.1 Å². The Hall–Kier alpha value is -2.00. The number of benzene rings is 2. The Morgan fingerprint density at radius 2 is 1.85 bits per heavy atom. The summed E-state index contributed by atoms with van der Waals surface area (Å²) in [7, 11) is 0. The van der Waals surface area contributed by atoms with Crippen LogP contribution in [-0.4, -0.2) is 11.8 Å². The molecule has 1 amide bonds. The summed E-state index contributed by atoms with van der Waals surface area (Å²) in [5.74, 6) is 1.42. The van der Waals surface area contributed by atoms with E-state index < -0.39 is 0 Å². The van der Waals surface area contributed by atoms with Gasteiger partial charge >= 0.3 is 0 Å². The van der Waals surface area contributed by atoms with Crippen molar-refractivity contribution in [2.75, 3.05) is 5.88 Å². The van der Waals surface area contributed by atoms with Crippen molar-refractivity contribution >= 4 is 17.5 Å². The van der Waals surface area contributed by atoms with Gasteiger partial charge in [-0.05, 0) is 36.2 Å². The predicted octanol–water partition coefficient (Wildman–Crippen LogP) is 3.64. The predicted molar refractivity (Wildman–Crippen MR) is 80.3 cm³/mol. The second kappa shape index (κ2) is 6.96. The molecule has 0 heterocycles. The summed E-state index contributed by atoms with van der Waals surface area (Å²) < 4.78 is 5.80. The van der Waals surface area contributed by atoms with Crippen molar-refractivity contribution in [2.45, 2.75) is 13.5 Å². The number of carbonyl (C=O) groups is 1. The van der Waals surface area contributed by atoms with Gasteiger partial charge in [-0.2, -0.15) is 0 Å². The smallest absolute Gasteiger partial charge is 0.235 e. The van der Waals surface area contributed by atoms with Crippen molar-refractivity contribution in [1.82, 2.24) is 5.32 Å². The molecule has 2 aromatic rings. The summed E-state index contributed by atoms with van der Waals surface area (Å²) in [6.07, 6.45) is 0. The zero-order valence-electron chi connectivity index (χ0n) is 11.2. The number of ether oxygens (including phenoxy) is 1. The summed E-state index contributed by atoms with van der Waals surface area (Å²) >= 11 is 5.42. The molecule has 0 aliphatic heterocycles. The van der Waals surface area contributed by atoms with Gasteiger partial charge < -0.3 is 10.1 Å². The van der Waals surface area contributed by atoms with Crippen LogP contribution in [0.4, 0.5) is 0 Å². The monoisotopic (exact) mass is 289 g/mol. The lowest BCUT2D eigenvalue weighted by atomic mass is 10.2. The van der Waals surface area contributed by atoms with Crippen LogP contribution in [-0.2, 0) is 11.3 Å². The number of carbonyl (C=O) groups excluding carboxylic acids is 1. The van der Waals surface area contributed by atoms with Gasteiger partial charge in [0.1, 0.15) is 17.4 Å². The van der Waals surface area contributed by atoms with Gasteiger partial charge in [-0.25, -0.2) is 0 Å². The van der Waals surface area contributed by atoms with E-state index in [2.05, 4.69) is 5.32 Å². The zero-order valence-corrected chi connectivity index (χ0v) is 12.0. The number of rotatable bonds is 5. The van der Waals surface area contributed by atoms with Crippen molar-refractivity contribution in [1.29, 1.82) is 0 Å². The summed E-state index contributed by atoms with van der Waals surface area (Å²) in [5.41, 5.74) is 2.09. The molecule has 0 unspecified atom stereocenters. The minimum atomic E-state index is -0.174. The molecular formula is C16H16ClNO2. The summed E-state index contributed by atoms with van der Waals surface area (Å²) in [4.78, 5) is 11.1. The van der Waals surface area contributed by atoms with Crippen LogP contribution >= 0.6 is 11.6 Å². The number of halogens is 1. The maximum absolute atomic E-state index is 11.1. The van der Waals surface area contributed by atoms with Gasteiger partial charge in [-0.3, -0.25) is 4.79 Å². The second-order valence-electron chi connectivity index (χ2n) is 4.42. The zero-order chi connectivity index (χ0) is 14.4. The Bertz CT molecular complexity index is 581. The van der Waals surface area contributed by atoms with E-state index in [1.54, 1.807) is 0 Å². The number of amides is 1. The fourth-order valence-electron chi connectivity index (χ4n) is 1.72. The fourth-order valence-corrected chi connectivity index (χ4v) is 1.82. The molecule has 0 saturated carbocycles. The molecule has 0 saturated heterocycles. The molecule has 2 aromatic carbocycles. The number of hydrogen-bond donors (Lipinski definition) is 1. The molecule has 2 rings (SSSR count). The van der Waals surface area contributed by atoms with Gasteiger partial charge in [0.05, 0.1) is 0 Å². The van der Waals surface area contributed by atoms with Crippen molar-refractivity contribution < 1.29 is 9.53 Å². The molecule has 0 bridgehead atoms. The highest BCUT2D eigenvalue weighted by Gasteiger charge is 2.02. The van der Waals surface area contributed by atoms with Gasteiger partial charge in [0.15, 0.2) is 0 Å². The Morgan fingerprint density at radius 3 is 2.50 bits per heavy atom. The Kier molecular flexibility index (Phi) is 5.02. The average molecular weight is 290 g/mol. The van der Waals surface area contributed by atoms with Crippen LogP contribution in [0.3, 0.4) is 0 Å². The van der Waals surface area contributed by atoms with Crippen LogP contribution in [0.5, 0.6) is 11.5 Å². The van der Waals surface area contributed by atoms with E-state index in [1.165, 1.54) is 0 Å². The highest BCUT2D eigenvalue weighted by Crippen LogP contribution is 2.24. The first-order chi connectivity index (χ1) is 9.69. The highest BCUT2D eigenvalue weighted by atomic mass is 35.5. The second-order valence-corrected chi connectivity index (χ2v) is 4.69. The number of hydrogen-bond acceptors (Lipinski definition) is 2. The van der Waals surface area contributed by atoms with E-state index in [9.17, 15) is 4.79 Å². The van der Waals surface area contributed by atoms with Crippen LogP contribution in [0.2, 0.25) is 0 Å². The van der Waals surface area contributed by atoms with Crippen molar-refractivity contribution in [2.24, 2.45) is 0 Å². The van der Waals surface area contributed by atoms with Crippen LogP contribution in [0.25, 0.3) is 0 Å². The highest BCUT2D eigenvalue weighted by molar-refractivity contribution is 6.27. The van der Waals surface area contributed by atoms with Gasteiger partial charge in [0.25, 0.3) is 0 Å². The third-order valence-corrected chi connectivity index (χ3v) is 3.10. The number of nitrogens with one attached hydrogen (secondary N) is 1. The first kappa shape index (κ1) is 14.4. The molecule has 0 aliphatic carbocycles. The van der Waals surface area contributed by atoms with Crippen LogP contribution in [0, 0.1) is 6.92 Å². The van der Waals surface area contributed by atoms with Crippen molar-refractivity contribution in [3.05, 3.63) is 59.7 Å². The van der Waals surface area contributed by atoms with Crippen molar-refractivity contribution in [3.8, 4) is 11.5 Å². The van der Waals surface area contributed by atoms with Gasteiger partial charge in [0.2, 0.25) is 5.91 Å². The Balaban J connectivity index is 1.98. The largest absolute Gasteiger partial charge is 0.457 e. The Labute approximate surface area is 123 Å².